The highest BCUT2D eigenvalue weighted by Gasteiger charge is 2.15. The zero-order valence-electron chi connectivity index (χ0n) is 10.4. The Hall–Kier alpha value is -1.10. The first-order valence-corrected chi connectivity index (χ1v) is 6.13. The summed E-state index contributed by atoms with van der Waals surface area (Å²) in [5.41, 5.74) is 0. The third-order valence-corrected chi connectivity index (χ3v) is 2.43. The molecule has 1 N–H and O–H groups in total. The average Bonchev–Trinajstić information content (AvgIpc) is 3.00. The molecule has 5 nitrogen and oxygen atoms in total. The molecule has 0 spiro atoms. The predicted octanol–water partition coefficient (Wildman–Crippen LogP) is 1.92. The van der Waals surface area contributed by atoms with Crippen molar-refractivity contribution >= 4 is 5.95 Å². The van der Waals surface area contributed by atoms with Crippen LogP contribution in [0.3, 0.4) is 0 Å². The van der Waals surface area contributed by atoms with E-state index in [9.17, 15) is 0 Å². The quantitative estimate of drug-likeness (QED) is 0.852. The molecule has 1 atom stereocenters. The van der Waals surface area contributed by atoms with Gasteiger partial charge in [-0.05, 0) is 19.8 Å². The molecule has 1 aliphatic heterocycles. The molecule has 0 bridgehead atoms. The van der Waals surface area contributed by atoms with Gasteiger partial charge in [0.05, 0.1) is 6.10 Å². The number of anilines is 1. The number of hydrogen-bond acceptors (Lipinski definition) is 4. The van der Waals surface area contributed by atoms with E-state index < -0.39 is 0 Å². The van der Waals surface area contributed by atoms with Crippen LogP contribution in [0.2, 0.25) is 0 Å². The van der Waals surface area contributed by atoms with Gasteiger partial charge in [0.2, 0.25) is 5.95 Å². The monoisotopic (exact) mass is 226 g/mol. The molecule has 1 saturated heterocycles. The van der Waals surface area contributed by atoms with E-state index in [-0.39, 0.29) is 0 Å². The summed E-state index contributed by atoms with van der Waals surface area (Å²) >= 11 is 0. The molecule has 1 aromatic rings. The lowest BCUT2D eigenvalue weighted by Gasteiger charge is -2.11. The minimum atomic E-state index is 0.344. The van der Waals surface area contributed by atoms with Gasteiger partial charge in [-0.3, -0.25) is 0 Å². The van der Waals surface area contributed by atoms with Crippen LogP contribution < -0.4 is 5.32 Å². The van der Waals surface area contributed by atoms with Crippen molar-refractivity contribution in [2.24, 2.45) is 0 Å². The number of aromatic nitrogens is 3. The molecular formula is C11H22N4O. The largest absolute Gasteiger partial charge is 0.376 e. The fraction of sp³-hybridized carbons (Fsp3) is 0.818. The summed E-state index contributed by atoms with van der Waals surface area (Å²) in [5.74, 6) is 0.836. The van der Waals surface area contributed by atoms with Crippen LogP contribution in [0.4, 0.5) is 5.95 Å². The van der Waals surface area contributed by atoms with Gasteiger partial charge in [0.15, 0.2) is 0 Å². The summed E-state index contributed by atoms with van der Waals surface area (Å²) in [7, 11) is 0. The number of nitrogens with zero attached hydrogens (tertiary/aromatic N) is 3. The predicted molar refractivity (Wildman–Crippen MR) is 64.5 cm³/mol. The van der Waals surface area contributed by atoms with E-state index >= 15 is 0 Å². The van der Waals surface area contributed by atoms with E-state index in [1.807, 2.05) is 25.5 Å². The maximum Gasteiger partial charge on any atom is 0.221 e. The van der Waals surface area contributed by atoms with Crippen molar-refractivity contribution in [1.82, 2.24) is 14.8 Å². The van der Waals surface area contributed by atoms with Crippen molar-refractivity contribution in [3.8, 4) is 0 Å². The zero-order valence-corrected chi connectivity index (χ0v) is 10.4. The van der Waals surface area contributed by atoms with Crippen LogP contribution in [0.5, 0.6) is 0 Å². The molecule has 2 heterocycles. The highest BCUT2D eigenvalue weighted by molar-refractivity contribution is 5.23. The van der Waals surface area contributed by atoms with Gasteiger partial charge in [-0.15, -0.1) is 0 Å². The molecule has 5 heteroatoms. The lowest BCUT2D eigenvalue weighted by Crippen LogP contribution is -2.20. The topological polar surface area (TPSA) is 52.0 Å². The van der Waals surface area contributed by atoms with Gasteiger partial charge in [0.25, 0.3) is 0 Å². The average molecular weight is 226 g/mol. The first kappa shape index (κ1) is 13.0. The van der Waals surface area contributed by atoms with E-state index in [1.165, 1.54) is 6.42 Å². The van der Waals surface area contributed by atoms with Crippen LogP contribution in [0, 0.1) is 0 Å². The van der Waals surface area contributed by atoms with Gasteiger partial charge in [0, 0.05) is 19.7 Å². The maximum absolute atomic E-state index is 5.50. The molecule has 1 aromatic heterocycles. The van der Waals surface area contributed by atoms with Crippen molar-refractivity contribution < 1.29 is 4.74 Å². The van der Waals surface area contributed by atoms with Gasteiger partial charge in [-0.1, -0.05) is 13.8 Å². The Kier molecular flexibility index (Phi) is 5.85. The van der Waals surface area contributed by atoms with Gasteiger partial charge in [0.1, 0.15) is 6.33 Å². The third-order valence-electron chi connectivity index (χ3n) is 2.43. The molecule has 16 heavy (non-hydrogen) atoms. The number of aryl methyl sites for hydroxylation is 1. The first-order valence-electron chi connectivity index (χ1n) is 6.13. The Morgan fingerprint density at radius 2 is 2.38 bits per heavy atom. The number of nitrogens with one attached hydrogen (secondary N) is 1. The van der Waals surface area contributed by atoms with Crippen LogP contribution in [-0.2, 0) is 11.3 Å². The second-order valence-electron chi connectivity index (χ2n) is 3.42. The molecule has 1 unspecified atom stereocenters. The van der Waals surface area contributed by atoms with Gasteiger partial charge < -0.3 is 10.1 Å². The normalized spacial score (nSPS) is 19.1. The van der Waals surface area contributed by atoms with Gasteiger partial charge >= 0.3 is 0 Å². The molecule has 0 aliphatic carbocycles. The van der Waals surface area contributed by atoms with Crippen molar-refractivity contribution in [3.05, 3.63) is 6.33 Å². The molecule has 0 amide bonds. The summed E-state index contributed by atoms with van der Waals surface area (Å²) < 4.78 is 7.35. The van der Waals surface area contributed by atoms with Crippen molar-refractivity contribution in [3.63, 3.8) is 0 Å². The third kappa shape index (κ3) is 3.48. The van der Waals surface area contributed by atoms with Crippen LogP contribution in [0.15, 0.2) is 6.33 Å². The highest BCUT2D eigenvalue weighted by Crippen LogP contribution is 2.12. The number of ether oxygens (including phenoxy) is 1. The van der Waals surface area contributed by atoms with E-state index in [1.54, 1.807) is 6.33 Å². The van der Waals surface area contributed by atoms with Crippen LogP contribution >= 0.6 is 0 Å². The lowest BCUT2D eigenvalue weighted by molar-refractivity contribution is 0.120. The van der Waals surface area contributed by atoms with Gasteiger partial charge in [-0.2, -0.15) is 10.1 Å². The van der Waals surface area contributed by atoms with Crippen molar-refractivity contribution in [2.45, 2.75) is 46.3 Å². The molecule has 2 rings (SSSR count). The molecular weight excluding hydrogens is 204 g/mol. The second-order valence-corrected chi connectivity index (χ2v) is 3.42. The minimum Gasteiger partial charge on any atom is -0.376 e. The Morgan fingerprint density at radius 1 is 1.56 bits per heavy atom. The summed E-state index contributed by atoms with van der Waals surface area (Å²) in [6, 6.07) is 0. The first-order chi connectivity index (χ1) is 7.90. The van der Waals surface area contributed by atoms with Crippen LogP contribution in [-0.4, -0.2) is 34.0 Å². The SMILES string of the molecule is CC.CCn1ncnc1NCC1CCCO1. The molecule has 1 fully saturated rings. The summed E-state index contributed by atoms with van der Waals surface area (Å²) in [5, 5.41) is 7.33. The van der Waals surface area contributed by atoms with Crippen LogP contribution in [0.1, 0.15) is 33.6 Å². The van der Waals surface area contributed by atoms with Crippen molar-refractivity contribution in [1.29, 1.82) is 0 Å². The molecule has 0 radical (unpaired) electrons. The lowest BCUT2D eigenvalue weighted by atomic mass is 10.2. The summed E-state index contributed by atoms with van der Waals surface area (Å²) in [6.45, 7) is 8.62. The van der Waals surface area contributed by atoms with Crippen LogP contribution in [0.25, 0.3) is 0 Å². The Labute approximate surface area is 97.2 Å². The standard InChI is InChI=1S/C9H16N4O.C2H6/c1-2-13-9(11-7-12-13)10-6-8-4-3-5-14-8;1-2/h7-8H,2-6H2,1H3,(H,10,11,12);1-2H3. The Bertz CT molecular complexity index is 281. The molecule has 0 saturated carbocycles. The zero-order chi connectivity index (χ0) is 11.8. The second kappa shape index (κ2) is 7.22. The summed E-state index contributed by atoms with van der Waals surface area (Å²) in [6.07, 6.45) is 4.23. The van der Waals surface area contributed by atoms with E-state index in [4.69, 9.17) is 4.74 Å². The smallest absolute Gasteiger partial charge is 0.221 e. The maximum atomic E-state index is 5.50. The van der Waals surface area contributed by atoms with Crippen molar-refractivity contribution in [2.75, 3.05) is 18.5 Å². The number of hydrogen-bond donors (Lipinski definition) is 1. The molecule has 0 aromatic carbocycles. The Balaban J connectivity index is 0.000000606. The van der Waals surface area contributed by atoms with E-state index in [2.05, 4.69) is 15.4 Å². The Morgan fingerprint density at radius 3 is 3.00 bits per heavy atom. The number of rotatable bonds is 4. The molecule has 92 valence electrons. The van der Waals surface area contributed by atoms with E-state index in [0.717, 1.165) is 32.1 Å². The highest BCUT2D eigenvalue weighted by atomic mass is 16.5. The van der Waals surface area contributed by atoms with Gasteiger partial charge in [-0.25, -0.2) is 4.68 Å². The minimum absolute atomic E-state index is 0.344. The molecule has 1 aliphatic rings. The van der Waals surface area contributed by atoms with E-state index in [0.29, 0.717) is 6.10 Å². The summed E-state index contributed by atoms with van der Waals surface area (Å²) in [4.78, 5) is 4.13. The fourth-order valence-electron chi connectivity index (χ4n) is 1.64. The fourth-order valence-corrected chi connectivity index (χ4v) is 1.64.